The molecule has 3 rings (SSSR count). The number of nitrogens with one attached hydrogen (secondary N) is 1. The van der Waals surface area contributed by atoms with Gasteiger partial charge >= 0.3 is 0 Å². The molecule has 1 aromatic heterocycles. The number of halogens is 1. The van der Waals surface area contributed by atoms with Crippen LogP contribution in [0.3, 0.4) is 0 Å². The smallest absolute Gasteiger partial charge is 0.253 e. The molecule has 128 valence electrons. The molecule has 1 amide bonds. The van der Waals surface area contributed by atoms with E-state index in [1.807, 2.05) is 19.9 Å². The first-order valence-electron chi connectivity index (χ1n) is 8.30. The Morgan fingerprint density at radius 3 is 2.79 bits per heavy atom. The van der Waals surface area contributed by atoms with Gasteiger partial charge in [-0.2, -0.15) is 0 Å². The number of amides is 1. The summed E-state index contributed by atoms with van der Waals surface area (Å²) < 4.78 is 21.4. The van der Waals surface area contributed by atoms with Crippen LogP contribution >= 0.6 is 0 Å². The SMILES string of the molecule is Cc1cc(C(=O)N[C@@H]2CCOc3c(F)cccc32)c(C)n1C(C)C. The topological polar surface area (TPSA) is 43.3 Å². The molecule has 5 heteroatoms. The molecule has 0 spiro atoms. The highest BCUT2D eigenvalue weighted by Crippen LogP contribution is 2.34. The minimum absolute atomic E-state index is 0.128. The molecular weight excluding hydrogens is 307 g/mol. The van der Waals surface area contributed by atoms with E-state index in [-0.39, 0.29) is 23.5 Å². The van der Waals surface area contributed by atoms with Gasteiger partial charge in [-0.05, 0) is 39.8 Å². The summed E-state index contributed by atoms with van der Waals surface area (Å²) in [6.07, 6.45) is 0.630. The number of aromatic nitrogens is 1. The van der Waals surface area contributed by atoms with Crippen molar-refractivity contribution in [2.24, 2.45) is 0 Å². The van der Waals surface area contributed by atoms with E-state index in [9.17, 15) is 9.18 Å². The van der Waals surface area contributed by atoms with Crippen LogP contribution < -0.4 is 10.1 Å². The quantitative estimate of drug-likeness (QED) is 0.921. The molecule has 24 heavy (non-hydrogen) atoms. The van der Waals surface area contributed by atoms with Crippen molar-refractivity contribution in [2.45, 2.75) is 46.2 Å². The highest BCUT2D eigenvalue weighted by atomic mass is 19.1. The lowest BCUT2D eigenvalue weighted by Crippen LogP contribution is -2.32. The van der Waals surface area contributed by atoms with Crippen LogP contribution in [-0.2, 0) is 0 Å². The number of benzene rings is 1. The fraction of sp³-hybridized carbons (Fsp3) is 0.421. The maximum Gasteiger partial charge on any atom is 0.253 e. The zero-order valence-corrected chi connectivity index (χ0v) is 14.5. The van der Waals surface area contributed by atoms with Crippen LogP contribution in [0.1, 0.15) is 59.7 Å². The van der Waals surface area contributed by atoms with Gasteiger partial charge in [0.1, 0.15) is 0 Å². The number of aryl methyl sites for hydroxylation is 1. The second-order valence-corrected chi connectivity index (χ2v) is 6.57. The largest absolute Gasteiger partial charge is 0.490 e. The van der Waals surface area contributed by atoms with Crippen LogP contribution in [0, 0.1) is 19.7 Å². The minimum Gasteiger partial charge on any atom is -0.490 e. The molecule has 0 radical (unpaired) electrons. The average molecular weight is 330 g/mol. The van der Waals surface area contributed by atoms with Crippen LogP contribution in [0.25, 0.3) is 0 Å². The van der Waals surface area contributed by atoms with Crippen molar-refractivity contribution in [3.05, 3.63) is 52.6 Å². The van der Waals surface area contributed by atoms with Crippen molar-refractivity contribution in [3.8, 4) is 5.75 Å². The maximum atomic E-state index is 13.9. The molecule has 2 heterocycles. The average Bonchev–Trinajstić information content (AvgIpc) is 2.83. The van der Waals surface area contributed by atoms with Crippen molar-refractivity contribution >= 4 is 5.91 Å². The summed E-state index contributed by atoms with van der Waals surface area (Å²) in [5, 5.41) is 3.04. The first kappa shape index (κ1) is 16.6. The third-order valence-corrected chi connectivity index (χ3v) is 4.58. The summed E-state index contributed by atoms with van der Waals surface area (Å²) in [6, 6.07) is 6.80. The molecule has 1 aromatic carbocycles. The fourth-order valence-corrected chi connectivity index (χ4v) is 3.57. The van der Waals surface area contributed by atoms with Gasteiger partial charge in [0.2, 0.25) is 0 Å². The highest BCUT2D eigenvalue weighted by molar-refractivity contribution is 5.96. The van der Waals surface area contributed by atoms with Gasteiger partial charge in [-0.25, -0.2) is 4.39 Å². The highest BCUT2D eigenvalue weighted by Gasteiger charge is 2.27. The Labute approximate surface area is 141 Å². The number of ether oxygens (including phenoxy) is 1. The molecule has 1 N–H and O–H groups in total. The number of hydrogen-bond acceptors (Lipinski definition) is 2. The second kappa shape index (κ2) is 6.30. The number of carbonyl (C=O) groups is 1. The summed E-state index contributed by atoms with van der Waals surface area (Å²) >= 11 is 0. The van der Waals surface area contributed by atoms with Gasteiger partial charge in [-0.1, -0.05) is 12.1 Å². The Bertz CT molecular complexity index is 780. The summed E-state index contributed by atoms with van der Waals surface area (Å²) in [6.45, 7) is 8.55. The van der Waals surface area contributed by atoms with E-state index in [1.54, 1.807) is 12.1 Å². The lowest BCUT2D eigenvalue weighted by atomic mass is 10.00. The van der Waals surface area contributed by atoms with Crippen LogP contribution in [0.5, 0.6) is 5.75 Å². The van der Waals surface area contributed by atoms with E-state index in [1.165, 1.54) is 6.07 Å². The standard InChI is InChI=1S/C19H23FN2O2/c1-11(2)22-12(3)10-15(13(22)4)19(23)21-17-8-9-24-18-14(17)6-5-7-16(18)20/h5-7,10-11,17H,8-9H2,1-4H3,(H,21,23)/t17-/m1/s1. The van der Waals surface area contributed by atoms with Gasteiger partial charge in [0.05, 0.1) is 18.2 Å². The molecule has 0 saturated heterocycles. The third kappa shape index (κ3) is 2.79. The Morgan fingerprint density at radius 2 is 2.12 bits per heavy atom. The van der Waals surface area contributed by atoms with Crippen molar-refractivity contribution < 1.29 is 13.9 Å². The van der Waals surface area contributed by atoms with Crippen molar-refractivity contribution in [1.82, 2.24) is 9.88 Å². The van der Waals surface area contributed by atoms with Gasteiger partial charge in [0.25, 0.3) is 5.91 Å². The monoisotopic (exact) mass is 330 g/mol. The summed E-state index contributed by atoms with van der Waals surface area (Å²) in [5.74, 6) is -0.261. The van der Waals surface area contributed by atoms with Crippen LogP contribution in [0.2, 0.25) is 0 Å². The molecule has 1 aliphatic heterocycles. The maximum absolute atomic E-state index is 13.9. The third-order valence-electron chi connectivity index (χ3n) is 4.58. The van der Waals surface area contributed by atoms with E-state index in [0.29, 0.717) is 30.2 Å². The fourth-order valence-electron chi connectivity index (χ4n) is 3.57. The van der Waals surface area contributed by atoms with Gasteiger partial charge in [-0.3, -0.25) is 4.79 Å². The molecule has 1 atom stereocenters. The number of para-hydroxylation sites is 1. The van der Waals surface area contributed by atoms with Crippen molar-refractivity contribution in [2.75, 3.05) is 6.61 Å². The number of nitrogens with zero attached hydrogens (tertiary/aromatic N) is 1. The van der Waals surface area contributed by atoms with E-state index in [4.69, 9.17) is 4.74 Å². The summed E-state index contributed by atoms with van der Waals surface area (Å²) in [7, 11) is 0. The van der Waals surface area contributed by atoms with Crippen LogP contribution in [-0.4, -0.2) is 17.1 Å². The Hall–Kier alpha value is -2.30. The normalized spacial score (nSPS) is 16.7. The second-order valence-electron chi connectivity index (χ2n) is 6.57. The molecule has 0 bridgehead atoms. The van der Waals surface area contributed by atoms with Crippen molar-refractivity contribution in [1.29, 1.82) is 0 Å². The van der Waals surface area contributed by atoms with E-state index in [0.717, 1.165) is 11.4 Å². The first-order chi connectivity index (χ1) is 11.4. The Kier molecular flexibility index (Phi) is 4.35. The number of fused-ring (bicyclic) bond motifs is 1. The van der Waals surface area contributed by atoms with Crippen LogP contribution in [0.15, 0.2) is 24.3 Å². The Balaban J connectivity index is 1.87. The van der Waals surface area contributed by atoms with Crippen LogP contribution in [0.4, 0.5) is 4.39 Å². The van der Waals surface area contributed by atoms with E-state index in [2.05, 4.69) is 23.7 Å². The zero-order valence-electron chi connectivity index (χ0n) is 14.5. The van der Waals surface area contributed by atoms with Crippen molar-refractivity contribution in [3.63, 3.8) is 0 Å². The molecule has 0 fully saturated rings. The zero-order chi connectivity index (χ0) is 17.4. The predicted octanol–water partition coefficient (Wildman–Crippen LogP) is 4.08. The number of carbonyl (C=O) groups excluding carboxylic acids is 1. The molecule has 4 nitrogen and oxygen atoms in total. The molecule has 0 saturated carbocycles. The number of rotatable bonds is 3. The predicted molar refractivity (Wildman–Crippen MR) is 91.0 cm³/mol. The minimum atomic E-state index is -0.385. The molecule has 2 aromatic rings. The number of hydrogen-bond donors (Lipinski definition) is 1. The van der Waals surface area contributed by atoms with Gasteiger partial charge in [-0.15, -0.1) is 0 Å². The van der Waals surface area contributed by atoms with Gasteiger partial charge in [0, 0.05) is 29.4 Å². The lowest BCUT2D eigenvalue weighted by Gasteiger charge is -2.27. The Morgan fingerprint density at radius 1 is 1.38 bits per heavy atom. The summed E-state index contributed by atoms with van der Waals surface area (Å²) in [4.78, 5) is 12.8. The van der Waals surface area contributed by atoms with Gasteiger partial charge in [0.15, 0.2) is 11.6 Å². The van der Waals surface area contributed by atoms with Gasteiger partial charge < -0.3 is 14.6 Å². The first-order valence-corrected chi connectivity index (χ1v) is 8.30. The summed E-state index contributed by atoms with van der Waals surface area (Å²) in [5.41, 5.74) is 3.38. The lowest BCUT2D eigenvalue weighted by molar-refractivity contribution is 0.0923. The van der Waals surface area contributed by atoms with E-state index < -0.39 is 0 Å². The molecular formula is C19H23FN2O2. The van der Waals surface area contributed by atoms with E-state index >= 15 is 0 Å². The molecule has 0 aliphatic carbocycles. The molecule has 1 aliphatic rings. The molecule has 0 unspecified atom stereocenters.